The predicted molar refractivity (Wildman–Crippen MR) is 71.6 cm³/mol. The van der Waals surface area contributed by atoms with Gasteiger partial charge in [0.15, 0.2) is 6.10 Å². The fourth-order valence-electron chi connectivity index (χ4n) is 2.90. The molecule has 0 aromatic heterocycles. The Hall–Kier alpha value is -1.43. The normalized spacial score (nSPS) is 31.1. The highest BCUT2D eigenvalue weighted by molar-refractivity contribution is 5.72. The minimum absolute atomic E-state index is 0.0600. The second-order valence-corrected chi connectivity index (χ2v) is 5.34. The first-order chi connectivity index (χ1) is 9.65. The minimum Gasteiger partial charge on any atom is -0.458 e. The first kappa shape index (κ1) is 13.5. The van der Waals surface area contributed by atoms with Gasteiger partial charge in [-0.15, -0.1) is 0 Å². The van der Waals surface area contributed by atoms with E-state index in [4.69, 9.17) is 14.3 Å². The molecule has 0 amide bonds. The number of fused-ring (bicyclic) bond motifs is 1. The Bertz CT molecular complexity index is 478. The molecule has 0 unspecified atom stereocenters. The number of esters is 1. The van der Waals surface area contributed by atoms with E-state index in [0.29, 0.717) is 13.0 Å². The molecule has 2 fully saturated rings. The molecule has 0 aliphatic carbocycles. The van der Waals surface area contributed by atoms with Gasteiger partial charge in [0, 0.05) is 7.05 Å². The Morgan fingerprint density at radius 3 is 2.90 bits per heavy atom. The summed E-state index contributed by atoms with van der Waals surface area (Å²) in [4.78, 5) is 17.0. The van der Waals surface area contributed by atoms with Crippen LogP contribution in [-0.2, 0) is 25.7 Å². The molecule has 2 aliphatic rings. The van der Waals surface area contributed by atoms with Gasteiger partial charge in [-0.1, -0.05) is 30.3 Å². The Morgan fingerprint density at radius 1 is 1.40 bits per heavy atom. The van der Waals surface area contributed by atoms with Gasteiger partial charge in [-0.2, -0.15) is 5.06 Å². The van der Waals surface area contributed by atoms with Crippen LogP contribution in [0, 0.1) is 0 Å². The van der Waals surface area contributed by atoms with E-state index in [0.717, 1.165) is 5.56 Å². The maximum Gasteiger partial charge on any atom is 0.309 e. The number of carbonyl (C=O) groups is 1. The number of hydrogen-bond donors (Lipinski definition) is 0. The number of likely N-dealkylation sites (N-methyl/N-ethyl adjacent to an activating group) is 1. The molecule has 1 aromatic rings. The van der Waals surface area contributed by atoms with Crippen molar-refractivity contribution in [1.29, 1.82) is 0 Å². The van der Waals surface area contributed by atoms with Gasteiger partial charge in [-0.05, 0) is 12.5 Å². The first-order valence-electron chi connectivity index (χ1n) is 6.90. The number of rotatable bonds is 4. The molecule has 0 spiro atoms. The van der Waals surface area contributed by atoms with Gasteiger partial charge < -0.3 is 9.47 Å². The molecular formula is C15H19NO4. The van der Waals surface area contributed by atoms with E-state index in [9.17, 15) is 4.79 Å². The zero-order valence-corrected chi connectivity index (χ0v) is 11.7. The van der Waals surface area contributed by atoms with Gasteiger partial charge in [0.1, 0.15) is 12.1 Å². The lowest BCUT2D eigenvalue weighted by Crippen LogP contribution is -2.43. The molecule has 3 rings (SSSR count). The van der Waals surface area contributed by atoms with Crippen LogP contribution in [0.3, 0.4) is 0 Å². The third-order valence-corrected chi connectivity index (χ3v) is 3.90. The predicted octanol–water partition coefficient (Wildman–Crippen LogP) is 1.52. The lowest BCUT2D eigenvalue weighted by molar-refractivity contribution is -0.171. The van der Waals surface area contributed by atoms with Crippen molar-refractivity contribution in [3.63, 3.8) is 0 Å². The van der Waals surface area contributed by atoms with E-state index >= 15 is 0 Å². The fourth-order valence-corrected chi connectivity index (χ4v) is 2.90. The summed E-state index contributed by atoms with van der Waals surface area (Å²) in [6.45, 7) is 2.53. The van der Waals surface area contributed by atoms with Gasteiger partial charge in [0.2, 0.25) is 0 Å². The van der Waals surface area contributed by atoms with Gasteiger partial charge in [0.05, 0.1) is 19.1 Å². The fraction of sp³-hybridized carbons (Fsp3) is 0.533. The van der Waals surface area contributed by atoms with E-state index in [2.05, 4.69) is 0 Å². The van der Waals surface area contributed by atoms with E-state index < -0.39 is 0 Å². The van der Waals surface area contributed by atoms with Gasteiger partial charge in [-0.3, -0.25) is 9.63 Å². The van der Waals surface area contributed by atoms with Crippen LogP contribution in [0.4, 0.5) is 0 Å². The van der Waals surface area contributed by atoms with Crippen molar-refractivity contribution in [3.05, 3.63) is 35.9 Å². The van der Waals surface area contributed by atoms with Crippen LogP contribution in [0.15, 0.2) is 30.3 Å². The summed E-state index contributed by atoms with van der Waals surface area (Å²) < 4.78 is 11.3. The molecule has 2 heterocycles. The van der Waals surface area contributed by atoms with Crippen LogP contribution in [0.25, 0.3) is 0 Å². The average Bonchev–Trinajstić information content (AvgIpc) is 2.91. The summed E-state index contributed by atoms with van der Waals surface area (Å²) in [5.74, 6) is -0.187. The van der Waals surface area contributed by atoms with Crippen molar-refractivity contribution in [2.75, 3.05) is 7.05 Å². The third kappa shape index (κ3) is 2.57. The van der Waals surface area contributed by atoms with E-state index in [-0.39, 0.29) is 30.3 Å². The third-order valence-electron chi connectivity index (χ3n) is 3.90. The Kier molecular flexibility index (Phi) is 3.74. The lowest BCUT2D eigenvalue weighted by atomic mass is 10.0. The minimum atomic E-state index is -0.224. The van der Waals surface area contributed by atoms with Gasteiger partial charge in [0.25, 0.3) is 0 Å². The molecule has 5 nitrogen and oxygen atoms in total. The Balaban J connectivity index is 1.61. The second-order valence-electron chi connectivity index (χ2n) is 5.34. The average molecular weight is 277 g/mol. The lowest BCUT2D eigenvalue weighted by Gasteiger charge is -2.27. The van der Waals surface area contributed by atoms with Crippen LogP contribution < -0.4 is 0 Å². The molecule has 0 bridgehead atoms. The van der Waals surface area contributed by atoms with Crippen LogP contribution in [-0.4, -0.2) is 42.4 Å². The molecule has 0 N–H and O–H groups in total. The maximum atomic E-state index is 11.3. The second kappa shape index (κ2) is 5.52. The highest BCUT2D eigenvalue weighted by Crippen LogP contribution is 2.33. The highest BCUT2D eigenvalue weighted by atomic mass is 16.7. The van der Waals surface area contributed by atoms with Crippen LogP contribution in [0.2, 0.25) is 0 Å². The van der Waals surface area contributed by atoms with Crippen molar-refractivity contribution in [1.82, 2.24) is 5.06 Å². The van der Waals surface area contributed by atoms with E-state index in [1.807, 2.05) is 44.3 Å². The monoisotopic (exact) mass is 277 g/mol. The van der Waals surface area contributed by atoms with Gasteiger partial charge >= 0.3 is 5.97 Å². The first-order valence-corrected chi connectivity index (χ1v) is 6.90. The topological polar surface area (TPSA) is 48.0 Å². The number of benzene rings is 1. The SMILES string of the molecule is C[C@H](OCc1ccccc1)[C@H]1[C@H]2OC(=O)C[C@H]2ON1C. The number of ether oxygens (including phenoxy) is 2. The van der Waals surface area contributed by atoms with E-state index in [1.165, 1.54) is 0 Å². The highest BCUT2D eigenvalue weighted by Gasteiger charge is 2.51. The largest absolute Gasteiger partial charge is 0.458 e. The van der Waals surface area contributed by atoms with Crippen LogP contribution >= 0.6 is 0 Å². The molecule has 20 heavy (non-hydrogen) atoms. The Morgan fingerprint density at radius 2 is 2.15 bits per heavy atom. The van der Waals surface area contributed by atoms with Crippen molar-refractivity contribution in [3.8, 4) is 0 Å². The molecular weight excluding hydrogens is 258 g/mol. The number of hydroxylamine groups is 2. The smallest absolute Gasteiger partial charge is 0.309 e. The van der Waals surface area contributed by atoms with Crippen LogP contribution in [0.5, 0.6) is 0 Å². The summed E-state index contributed by atoms with van der Waals surface area (Å²) in [6, 6.07) is 9.95. The maximum absolute atomic E-state index is 11.3. The van der Waals surface area contributed by atoms with Crippen molar-refractivity contribution in [2.45, 2.75) is 44.3 Å². The quantitative estimate of drug-likeness (QED) is 0.781. The molecule has 0 saturated carbocycles. The van der Waals surface area contributed by atoms with E-state index in [1.54, 1.807) is 5.06 Å². The Labute approximate surface area is 118 Å². The zero-order valence-electron chi connectivity index (χ0n) is 11.7. The van der Waals surface area contributed by atoms with Crippen molar-refractivity contribution < 1.29 is 19.1 Å². The summed E-state index contributed by atoms with van der Waals surface area (Å²) in [5.41, 5.74) is 1.13. The van der Waals surface area contributed by atoms with Crippen molar-refractivity contribution in [2.24, 2.45) is 0 Å². The molecule has 4 atom stereocenters. The summed E-state index contributed by atoms with van der Waals surface area (Å²) >= 11 is 0. The molecule has 0 radical (unpaired) electrons. The standard InChI is InChI=1S/C15H19NO4/c1-10(18-9-11-6-4-3-5-7-11)14-15-12(20-16(14)2)8-13(17)19-15/h3-7,10,12,14-15H,8-9H2,1-2H3/t10-,12+,14-,15-/m0/s1. The van der Waals surface area contributed by atoms with Crippen molar-refractivity contribution >= 4 is 5.97 Å². The van der Waals surface area contributed by atoms with Crippen LogP contribution in [0.1, 0.15) is 18.9 Å². The van der Waals surface area contributed by atoms with Gasteiger partial charge in [-0.25, -0.2) is 0 Å². The number of carbonyl (C=O) groups excluding carboxylic acids is 1. The zero-order chi connectivity index (χ0) is 14.1. The summed E-state index contributed by atoms with van der Waals surface area (Å²) in [6.07, 6.45) is -0.142. The molecule has 5 heteroatoms. The molecule has 1 aromatic carbocycles. The molecule has 2 aliphatic heterocycles. The number of nitrogens with zero attached hydrogens (tertiary/aromatic N) is 1. The number of hydrogen-bond acceptors (Lipinski definition) is 5. The summed E-state index contributed by atoms with van der Waals surface area (Å²) in [7, 11) is 1.86. The summed E-state index contributed by atoms with van der Waals surface area (Å²) in [5, 5.41) is 1.76. The molecule has 108 valence electrons. The molecule has 2 saturated heterocycles.